The van der Waals surface area contributed by atoms with Gasteiger partial charge in [0.2, 0.25) is 0 Å². The monoisotopic (exact) mass is 568 g/mol. The zero-order valence-corrected chi connectivity index (χ0v) is 23.4. The van der Waals surface area contributed by atoms with Crippen LogP contribution in [-0.4, -0.2) is 56.9 Å². The molecular weight excluding hydrogens is 539 g/mol. The fourth-order valence-electron chi connectivity index (χ4n) is 3.16. The van der Waals surface area contributed by atoms with E-state index in [0.717, 1.165) is 6.26 Å². The normalized spacial score (nSPS) is 13.1. The minimum absolute atomic E-state index is 0.170. The lowest BCUT2D eigenvalue weighted by atomic mass is 10.2. The van der Waals surface area contributed by atoms with Crippen LogP contribution in [0.4, 0.5) is 5.13 Å². The lowest BCUT2D eigenvalue weighted by Gasteiger charge is -2.16. The zero-order valence-electron chi connectivity index (χ0n) is 20.8. The predicted octanol–water partition coefficient (Wildman–Crippen LogP) is 4.85. The zero-order chi connectivity index (χ0) is 27.0. The lowest BCUT2D eigenvalue weighted by molar-refractivity contribution is 0.0916. The predicted molar refractivity (Wildman–Crippen MR) is 143 cm³/mol. The van der Waals surface area contributed by atoms with Crippen LogP contribution in [0.2, 0.25) is 0 Å². The molecule has 10 nitrogen and oxygen atoms in total. The third-order valence-electron chi connectivity index (χ3n) is 4.72. The summed E-state index contributed by atoms with van der Waals surface area (Å²) in [6.07, 6.45) is 1.11. The number of ether oxygens (including phenoxy) is 3. The Morgan fingerprint density at radius 1 is 1.16 bits per heavy atom. The molecule has 0 aliphatic carbocycles. The molecule has 13 heteroatoms. The Morgan fingerprint density at radius 2 is 1.86 bits per heavy atom. The van der Waals surface area contributed by atoms with Crippen molar-refractivity contribution in [1.29, 1.82) is 0 Å². The Kier molecular flexibility index (Phi) is 10.4. The summed E-state index contributed by atoms with van der Waals surface area (Å²) in [5, 5.41) is 4.88. The van der Waals surface area contributed by atoms with Crippen molar-refractivity contribution in [2.24, 2.45) is 0 Å². The second-order valence-corrected chi connectivity index (χ2v) is 12.1. The number of carbonyl (C=O) groups is 1. The number of thiazole rings is 1. The average Bonchev–Trinajstić information content (AvgIpc) is 3.25. The second kappa shape index (κ2) is 13.3. The van der Waals surface area contributed by atoms with Crippen LogP contribution in [0.15, 0.2) is 52.7 Å². The maximum Gasteiger partial charge on any atom is 0.257 e. The van der Waals surface area contributed by atoms with Gasteiger partial charge in [-0.2, -0.15) is 0 Å². The Balaban J connectivity index is 1.81. The van der Waals surface area contributed by atoms with Crippen LogP contribution < -0.4 is 14.8 Å². The van der Waals surface area contributed by atoms with Gasteiger partial charge in [-0.15, -0.1) is 11.3 Å². The molecule has 200 valence electrons. The molecule has 0 bridgehead atoms. The van der Waals surface area contributed by atoms with Crippen molar-refractivity contribution < 1.29 is 36.8 Å². The van der Waals surface area contributed by atoms with E-state index in [2.05, 4.69) is 10.3 Å². The molecule has 0 fully saturated rings. The van der Waals surface area contributed by atoms with Crippen molar-refractivity contribution in [1.82, 2.24) is 4.98 Å². The van der Waals surface area contributed by atoms with Gasteiger partial charge in [0.15, 0.2) is 23.3 Å². The molecule has 0 saturated heterocycles. The van der Waals surface area contributed by atoms with Crippen LogP contribution in [0.3, 0.4) is 0 Å². The van der Waals surface area contributed by atoms with Crippen molar-refractivity contribution in [3.05, 3.63) is 59.1 Å². The summed E-state index contributed by atoms with van der Waals surface area (Å²) in [7, 11) is -3.38. The number of rotatable bonds is 13. The summed E-state index contributed by atoms with van der Waals surface area (Å²) in [6, 6.07) is 10.7. The molecule has 2 N–H and O–H groups in total. The highest BCUT2D eigenvalue weighted by Gasteiger charge is 2.16. The Labute approximate surface area is 221 Å². The van der Waals surface area contributed by atoms with Crippen molar-refractivity contribution in [3.63, 3.8) is 0 Å². The number of benzene rings is 2. The van der Waals surface area contributed by atoms with Gasteiger partial charge in [0.1, 0.15) is 23.4 Å². The van der Waals surface area contributed by atoms with Gasteiger partial charge < -0.3 is 23.6 Å². The van der Waals surface area contributed by atoms with Gasteiger partial charge in [-0.25, -0.2) is 13.4 Å². The number of amides is 1. The van der Waals surface area contributed by atoms with E-state index in [1.807, 2.05) is 6.92 Å². The number of hydrogen-bond donors (Lipinski definition) is 2. The SMILES string of the molecule is CCOP(O)Cc1csc(NC(=O)c2cc(Oc3ccc(S(C)(=O)=O)cc3)cc(O[C@@H](C)COC)c2)n1. The smallest absolute Gasteiger partial charge is 0.257 e. The number of nitrogens with zero attached hydrogens (tertiary/aromatic N) is 1. The molecule has 3 rings (SSSR count). The van der Waals surface area contributed by atoms with Gasteiger partial charge in [-0.1, -0.05) is 0 Å². The van der Waals surface area contributed by atoms with Crippen molar-refractivity contribution in [3.8, 4) is 17.2 Å². The molecule has 0 aliphatic heterocycles. The number of methoxy groups -OCH3 is 1. The van der Waals surface area contributed by atoms with E-state index in [-0.39, 0.29) is 22.7 Å². The highest BCUT2D eigenvalue weighted by molar-refractivity contribution is 7.90. The van der Waals surface area contributed by atoms with Crippen molar-refractivity contribution in [2.45, 2.75) is 31.0 Å². The first kappa shape index (κ1) is 29.0. The summed E-state index contributed by atoms with van der Waals surface area (Å²) < 4.78 is 45.5. The van der Waals surface area contributed by atoms with Crippen molar-refractivity contribution >= 4 is 40.6 Å². The molecule has 2 aromatic carbocycles. The third kappa shape index (κ3) is 9.03. The first-order valence-electron chi connectivity index (χ1n) is 11.2. The highest BCUT2D eigenvalue weighted by atomic mass is 32.2. The van der Waals surface area contributed by atoms with E-state index in [0.29, 0.717) is 41.3 Å². The number of carbonyl (C=O) groups excluding carboxylic acids is 1. The summed E-state index contributed by atoms with van der Waals surface area (Å²) in [5.74, 6) is 0.670. The lowest BCUT2D eigenvalue weighted by Crippen LogP contribution is -2.18. The van der Waals surface area contributed by atoms with Crippen LogP contribution >= 0.6 is 19.7 Å². The minimum atomic E-state index is -3.34. The van der Waals surface area contributed by atoms with Crippen molar-refractivity contribution in [2.75, 3.05) is 31.9 Å². The Morgan fingerprint density at radius 3 is 2.51 bits per heavy atom. The quantitative estimate of drug-likeness (QED) is 0.278. The van der Waals surface area contributed by atoms with Gasteiger partial charge in [-0.3, -0.25) is 10.1 Å². The molecule has 0 radical (unpaired) electrons. The maximum atomic E-state index is 13.1. The van der Waals surface area contributed by atoms with Crippen LogP contribution in [0.25, 0.3) is 0 Å². The highest BCUT2D eigenvalue weighted by Crippen LogP contribution is 2.36. The fraction of sp³-hybridized carbons (Fsp3) is 0.333. The van der Waals surface area contributed by atoms with Crippen LogP contribution in [0, 0.1) is 0 Å². The first-order valence-corrected chi connectivity index (χ1v) is 15.4. The van der Waals surface area contributed by atoms with Gasteiger partial charge >= 0.3 is 0 Å². The van der Waals surface area contributed by atoms with Crippen LogP contribution in [-0.2, 0) is 25.3 Å². The third-order valence-corrected chi connectivity index (χ3v) is 7.80. The molecule has 3 aromatic rings. The number of sulfone groups is 1. The van der Waals surface area contributed by atoms with E-state index in [9.17, 15) is 18.1 Å². The molecule has 0 aliphatic rings. The average molecular weight is 569 g/mol. The van der Waals surface area contributed by atoms with E-state index >= 15 is 0 Å². The number of hydrogen-bond acceptors (Lipinski definition) is 10. The topological polar surface area (TPSA) is 133 Å². The molecule has 1 unspecified atom stereocenters. The largest absolute Gasteiger partial charge is 0.488 e. The van der Waals surface area contributed by atoms with Gasteiger partial charge in [0, 0.05) is 30.4 Å². The molecular formula is C24H29N2O8PS2. The summed E-state index contributed by atoms with van der Waals surface area (Å²) in [6.45, 7) is 4.38. The minimum Gasteiger partial charge on any atom is -0.488 e. The first-order chi connectivity index (χ1) is 17.6. The van der Waals surface area contributed by atoms with E-state index in [1.165, 1.54) is 35.6 Å². The fourth-order valence-corrected chi connectivity index (χ4v) is 5.45. The molecule has 0 spiro atoms. The molecule has 2 atom stereocenters. The van der Waals surface area contributed by atoms with Gasteiger partial charge in [-0.05, 0) is 50.2 Å². The van der Waals surface area contributed by atoms with E-state index in [4.69, 9.17) is 18.7 Å². The standard InChI is InChI=1S/C24H29N2O8PS2/c1-5-32-35(28)14-18-15-36-24(25-18)26-23(27)17-10-20(33-16(2)13-31-3)12-21(11-17)34-19-6-8-22(9-7-19)37(4,29)30/h6-12,15-16,28H,5,13-14H2,1-4H3,(H,25,26,27)/t16-,35?/m0/s1. The molecule has 1 aromatic heterocycles. The molecule has 37 heavy (non-hydrogen) atoms. The number of nitrogens with one attached hydrogen (secondary N) is 1. The molecule has 1 heterocycles. The van der Waals surface area contributed by atoms with E-state index in [1.54, 1.807) is 37.6 Å². The number of aromatic nitrogens is 1. The Hall–Kier alpha value is -2.60. The summed E-state index contributed by atoms with van der Waals surface area (Å²) >= 11 is 1.24. The summed E-state index contributed by atoms with van der Waals surface area (Å²) in [5.41, 5.74) is 0.884. The van der Waals surface area contributed by atoms with Crippen LogP contribution in [0.5, 0.6) is 17.2 Å². The van der Waals surface area contributed by atoms with Gasteiger partial charge in [0.05, 0.1) is 30.0 Å². The van der Waals surface area contributed by atoms with Gasteiger partial charge in [0.25, 0.3) is 5.91 Å². The maximum absolute atomic E-state index is 13.1. The second-order valence-electron chi connectivity index (χ2n) is 7.95. The van der Waals surface area contributed by atoms with Crippen LogP contribution in [0.1, 0.15) is 29.9 Å². The summed E-state index contributed by atoms with van der Waals surface area (Å²) in [4.78, 5) is 27.4. The Bertz CT molecular complexity index is 1300. The van der Waals surface area contributed by atoms with E-state index < -0.39 is 24.1 Å². The molecule has 1 amide bonds. The molecule has 0 saturated carbocycles. The number of anilines is 1.